The first kappa shape index (κ1) is 7.10. The number of pyridine rings is 1. The fourth-order valence-electron chi connectivity index (χ4n) is 1.26. The predicted molar refractivity (Wildman–Crippen MR) is 49.9 cm³/mol. The Morgan fingerprint density at radius 2 is 2.33 bits per heavy atom. The lowest BCUT2D eigenvalue weighted by Gasteiger charge is -1.97. The van der Waals surface area contributed by atoms with Crippen molar-refractivity contribution in [3.8, 4) is 0 Å². The molecule has 2 heterocycles. The van der Waals surface area contributed by atoms with E-state index < -0.39 is 0 Å². The highest BCUT2D eigenvalue weighted by Crippen LogP contribution is 2.12. The molecule has 2 rings (SSSR count). The van der Waals surface area contributed by atoms with Gasteiger partial charge in [-0.05, 0) is 24.6 Å². The molecular weight excluding hydrogens is 148 g/mol. The molecule has 0 amide bonds. The average Bonchev–Trinajstić information content (AvgIpc) is 2.47. The van der Waals surface area contributed by atoms with E-state index in [1.54, 1.807) is 0 Å². The van der Waals surface area contributed by atoms with Crippen molar-refractivity contribution in [2.24, 2.45) is 0 Å². The number of hydrogen-bond acceptors (Lipinski definition) is 1. The molecule has 0 atom stereocenters. The van der Waals surface area contributed by atoms with Gasteiger partial charge in [0, 0.05) is 6.20 Å². The van der Waals surface area contributed by atoms with Gasteiger partial charge in [0.1, 0.15) is 5.82 Å². The van der Waals surface area contributed by atoms with Gasteiger partial charge in [-0.2, -0.15) is 0 Å². The van der Waals surface area contributed by atoms with Gasteiger partial charge in [0.25, 0.3) is 0 Å². The van der Waals surface area contributed by atoms with Crippen LogP contribution < -0.4 is 0 Å². The summed E-state index contributed by atoms with van der Waals surface area (Å²) >= 11 is 0. The van der Waals surface area contributed by atoms with Gasteiger partial charge in [-0.3, -0.25) is 0 Å². The normalized spacial score (nSPS) is 10.4. The number of fused-ring (bicyclic) bond motifs is 1. The lowest BCUT2D eigenvalue weighted by Crippen LogP contribution is -1.89. The van der Waals surface area contributed by atoms with E-state index in [0.29, 0.717) is 0 Å². The summed E-state index contributed by atoms with van der Waals surface area (Å²) in [6.45, 7) is 5.82. The number of hydrogen-bond donors (Lipinski definition) is 0. The second kappa shape index (κ2) is 2.48. The fourth-order valence-corrected chi connectivity index (χ4v) is 1.26. The number of allylic oxidation sites excluding steroid dienone is 1. The van der Waals surface area contributed by atoms with Crippen LogP contribution in [0.3, 0.4) is 0 Å². The Bertz CT molecular complexity index is 426. The molecule has 12 heavy (non-hydrogen) atoms. The fraction of sp³-hybridized carbons (Fsp3) is 0.100. The van der Waals surface area contributed by atoms with E-state index in [1.807, 2.05) is 41.9 Å². The zero-order valence-electron chi connectivity index (χ0n) is 6.99. The van der Waals surface area contributed by atoms with Gasteiger partial charge >= 0.3 is 0 Å². The lowest BCUT2D eigenvalue weighted by atomic mass is 10.3. The molecule has 0 fully saturated rings. The molecule has 2 nitrogen and oxygen atoms in total. The van der Waals surface area contributed by atoms with E-state index in [4.69, 9.17) is 0 Å². The third-order valence-electron chi connectivity index (χ3n) is 1.82. The maximum Gasteiger partial charge on any atom is 0.139 e. The van der Waals surface area contributed by atoms with Crippen LogP contribution in [0, 0.1) is 0 Å². The van der Waals surface area contributed by atoms with Gasteiger partial charge in [0.15, 0.2) is 0 Å². The van der Waals surface area contributed by atoms with Crippen LogP contribution >= 0.6 is 0 Å². The van der Waals surface area contributed by atoms with Crippen LogP contribution in [-0.2, 0) is 0 Å². The Labute approximate surface area is 71.2 Å². The van der Waals surface area contributed by atoms with Crippen LogP contribution in [0.1, 0.15) is 12.7 Å². The van der Waals surface area contributed by atoms with Gasteiger partial charge in [-0.25, -0.2) is 4.98 Å². The van der Waals surface area contributed by atoms with Gasteiger partial charge in [-0.15, -0.1) is 0 Å². The Morgan fingerprint density at radius 1 is 1.50 bits per heavy atom. The van der Waals surface area contributed by atoms with Crippen molar-refractivity contribution in [3.63, 3.8) is 0 Å². The maximum atomic E-state index is 4.26. The topological polar surface area (TPSA) is 17.3 Å². The number of nitrogens with zero attached hydrogens (tertiary/aromatic N) is 2. The molecular formula is C10H10N2. The van der Waals surface area contributed by atoms with Crippen molar-refractivity contribution in [2.45, 2.75) is 6.92 Å². The summed E-state index contributed by atoms with van der Waals surface area (Å²) < 4.78 is 2.03. The molecule has 0 spiro atoms. The van der Waals surface area contributed by atoms with Crippen molar-refractivity contribution in [3.05, 3.63) is 43.0 Å². The summed E-state index contributed by atoms with van der Waals surface area (Å²) in [6, 6.07) is 6.01. The zero-order chi connectivity index (χ0) is 8.55. The van der Waals surface area contributed by atoms with E-state index in [0.717, 1.165) is 16.9 Å². The molecule has 0 radical (unpaired) electrons. The Kier molecular flexibility index (Phi) is 1.47. The zero-order valence-corrected chi connectivity index (χ0v) is 6.99. The quantitative estimate of drug-likeness (QED) is 0.622. The van der Waals surface area contributed by atoms with Gasteiger partial charge in [0.05, 0.1) is 11.7 Å². The molecule has 0 unspecified atom stereocenters. The molecule has 0 aliphatic carbocycles. The molecule has 0 aromatic carbocycles. The summed E-state index contributed by atoms with van der Waals surface area (Å²) in [5, 5.41) is 0. The van der Waals surface area contributed by atoms with Crippen molar-refractivity contribution < 1.29 is 0 Å². The van der Waals surface area contributed by atoms with Crippen LogP contribution in [0.4, 0.5) is 0 Å². The highest BCUT2D eigenvalue weighted by Gasteiger charge is 2.00. The van der Waals surface area contributed by atoms with Gasteiger partial charge in [-0.1, -0.05) is 12.6 Å². The van der Waals surface area contributed by atoms with Gasteiger partial charge < -0.3 is 4.40 Å². The summed E-state index contributed by atoms with van der Waals surface area (Å²) in [5.74, 6) is 0.936. The second-order valence-electron chi connectivity index (χ2n) is 2.86. The first-order valence-electron chi connectivity index (χ1n) is 3.87. The average molecular weight is 158 g/mol. The summed E-state index contributed by atoms with van der Waals surface area (Å²) in [5.41, 5.74) is 2.09. The molecule has 2 aromatic rings. The lowest BCUT2D eigenvalue weighted by molar-refractivity contribution is 1.10. The van der Waals surface area contributed by atoms with Crippen molar-refractivity contribution in [1.82, 2.24) is 9.38 Å². The first-order chi connectivity index (χ1) is 5.79. The van der Waals surface area contributed by atoms with E-state index in [2.05, 4.69) is 11.6 Å². The molecule has 2 aromatic heterocycles. The van der Waals surface area contributed by atoms with Crippen LogP contribution in [-0.4, -0.2) is 9.38 Å². The minimum Gasteiger partial charge on any atom is -0.300 e. The minimum absolute atomic E-state index is 0.936. The van der Waals surface area contributed by atoms with E-state index in [9.17, 15) is 0 Å². The van der Waals surface area contributed by atoms with Crippen LogP contribution in [0.5, 0.6) is 0 Å². The Morgan fingerprint density at radius 3 is 3.08 bits per heavy atom. The second-order valence-corrected chi connectivity index (χ2v) is 2.86. The molecule has 0 bridgehead atoms. The standard InChI is InChI=1S/C10H10N2/c1-8(2)10-11-7-9-5-3-4-6-12(9)10/h3-7H,1H2,2H3. The van der Waals surface area contributed by atoms with Crippen LogP contribution in [0.25, 0.3) is 11.1 Å². The molecule has 0 aliphatic heterocycles. The molecule has 0 aliphatic rings. The third kappa shape index (κ3) is 0.925. The van der Waals surface area contributed by atoms with Crippen molar-refractivity contribution in [1.29, 1.82) is 0 Å². The van der Waals surface area contributed by atoms with E-state index >= 15 is 0 Å². The summed E-state index contributed by atoms with van der Waals surface area (Å²) in [6.07, 6.45) is 3.84. The first-order valence-corrected chi connectivity index (χ1v) is 3.87. The molecule has 60 valence electrons. The highest BCUT2D eigenvalue weighted by molar-refractivity contribution is 5.60. The maximum absolute atomic E-state index is 4.26. The van der Waals surface area contributed by atoms with Gasteiger partial charge in [0.2, 0.25) is 0 Å². The molecule has 0 N–H and O–H groups in total. The number of imidazole rings is 1. The highest BCUT2D eigenvalue weighted by atomic mass is 15.0. The monoisotopic (exact) mass is 158 g/mol. The number of rotatable bonds is 1. The van der Waals surface area contributed by atoms with E-state index in [1.165, 1.54) is 0 Å². The molecule has 2 heteroatoms. The molecule has 0 saturated carbocycles. The molecule has 0 saturated heterocycles. The summed E-state index contributed by atoms with van der Waals surface area (Å²) in [4.78, 5) is 4.26. The van der Waals surface area contributed by atoms with Crippen molar-refractivity contribution >= 4 is 11.1 Å². The Balaban J connectivity index is 2.79. The third-order valence-corrected chi connectivity index (χ3v) is 1.82. The Hall–Kier alpha value is -1.57. The summed E-state index contributed by atoms with van der Waals surface area (Å²) in [7, 11) is 0. The SMILES string of the molecule is C=C(C)c1ncc2ccccn12. The predicted octanol–water partition coefficient (Wildman–Crippen LogP) is 2.37. The number of aromatic nitrogens is 2. The van der Waals surface area contributed by atoms with Crippen LogP contribution in [0.2, 0.25) is 0 Å². The minimum atomic E-state index is 0.936. The van der Waals surface area contributed by atoms with Crippen LogP contribution in [0.15, 0.2) is 37.2 Å². The van der Waals surface area contributed by atoms with Crippen molar-refractivity contribution in [2.75, 3.05) is 0 Å². The largest absolute Gasteiger partial charge is 0.300 e. The smallest absolute Gasteiger partial charge is 0.139 e. The van der Waals surface area contributed by atoms with E-state index in [-0.39, 0.29) is 0 Å².